The standard InChI is InChI=1S/C15H22BrNO/c1-13-6-4-9-17(12-13)10-5-11-18-15-8-3-2-7-14(15)16/h2-3,7-8,13H,4-6,9-12H2,1H3/t13-/m0/s1. The third kappa shape index (κ3) is 4.29. The first-order valence-electron chi connectivity index (χ1n) is 6.85. The Morgan fingerprint density at radius 2 is 2.22 bits per heavy atom. The molecule has 0 saturated carbocycles. The zero-order valence-corrected chi connectivity index (χ0v) is 12.7. The van der Waals surface area contributed by atoms with E-state index in [1.165, 1.54) is 25.9 Å². The lowest BCUT2D eigenvalue weighted by Gasteiger charge is -2.30. The number of para-hydroxylation sites is 1. The van der Waals surface area contributed by atoms with Crippen molar-refractivity contribution in [1.29, 1.82) is 0 Å². The second-order valence-electron chi connectivity index (χ2n) is 5.18. The van der Waals surface area contributed by atoms with E-state index < -0.39 is 0 Å². The molecule has 1 atom stereocenters. The highest BCUT2D eigenvalue weighted by Gasteiger charge is 2.15. The molecule has 0 aromatic heterocycles. The molecule has 100 valence electrons. The Balaban J connectivity index is 1.65. The molecular formula is C15H22BrNO. The lowest BCUT2D eigenvalue weighted by atomic mass is 10.0. The largest absolute Gasteiger partial charge is 0.492 e. The molecule has 1 saturated heterocycles. The van der Waals surface area contributed by atoms with Crippen molar-refractivity contribution in [2.75, 3.05) is 26.2 Å². The molecule has 0 unspecified atom stereocenters. The molecule has 2 nitrogen and oxygen atoms in total. The Morgan fingerprint density at radius 3 is 3.00 bits per heavy atom. The first-order valence-corrected chi connectivity index (χ1v) is 7.64. The number of benzene rings is 1. The zero-order chi connectivity index (χ0) is 12.8. The third-order valence-corrected chi connectivity index (χ3v) is 4.11. The molecule has 1 heterocycles. The summed E-state index contributed by atoms with van der Waals surface area (Å²) in [5.74, 6) is 1.81. The van der Waals surface area contributed by atoms with Gasteiger partial charge in [-0.15, -0.1) is 0 Å². The van der Waals surface area contributed by atoms with Crippen molar-refractivity contribution in [3.8, 4) is 5.75 Å². The van der Waals surface area contributed by atoms with Crippen LogP contribution in [-0.4, -0.2) is 31.1 Å². The second-order valence-corrected chi connectivity index (χ2v) is 6.03. The van der Waals surface area contributed by atoms with Crippen LogP contribution in [0.15, 0.2) is 28.7 Å². The molecule has 18 heavy (non-hydrogen) atoms. The molecular weight excluding hydrogens is 290 g/mol. The van der Waals surface area contributed by atoms with Crippen LogP contribution in [0, 0.1) is 5.92 Å². The minimum atomic E-state index is 0.799. The average molecular weight is 312 g/mol. The summed E-state index contributed by atoms with van der Waals surface area (Å²) in [7, 11) is 0. The number of hydrogen-bond acceptors (Lipinski definition) is 2. The predicted octanol–water partition coefficient (Wildman–Crippen LogP) is 3.95. The van der Waals surface area contributed by atoms with E-state index in [0.717, 1.165) is 35.7 Å². The van der Waals surface area contributed by atoms with Gasteiger partial charge >= 0.3 is 0 Å². The maximum Gasteiger partial charge on any atom is 0.133 e. The molecule has 1 fully saturated rings. The highest BCUT2D eigenvalue weighted by molar-refractivity contribution is 9.10. The van der Waals surface area contributed by atoms with E-state index in [0.29, 0.717) is 0 Å². The van der Waals surface area contributed by atoms with Crippen LogP contribution < -0.4 is 4.74 Å². The van der Waals surface area contributed by atoms with Crippen LogP contribution in [0.5, 0.6) is 5.75 Å². The average Bonchev–Trinajstić information content (AvgIpc) is 2.37. The van der Waals surface area contributed by atoms with Crippen molar-refractivity contribution in [2.24, 2.45) is 5.92 Å². The molecule has 0 aliphatic carbocycles. The normalized spacial score (nSPS) is 20.9. The van der Waals surface area contributed by atoms with E-state index in [1.807, 2.05) is 24.3 Å². The monoisotopic (exact) mass is 311 g/mol. The van der Waals surface area contributed by atoms with Crippen LogP contribution in [0.2, 0.25) is 0 Å². The van der Waals surface area contributed by atoms with Gasteiger partial charge in [-0.25, -0.2) is 0 Å². The minimum Gasteiger partial charge on any atom is -0.492 e. The first-order chi connectivity index (χ1) is 8.75. The van der Waals surface area contributed by atoms with E-state index in [-0.39, 0.29) is 0 Å². The van der Waals surface area contributed by atoms with Gasteiger partial charge < -0.3 is 9.64 Å². The molecule has 1 aromatic carbocycles. The number of rotatable bonds is 5. The van der Waals surface area contributed by atoms with Crippen molar-refractivity contribution in [2.45, 2.75) is 26.2 Å². The summed E-state index contributed by atoms with van der Waals surface area (Å²) in [4.78, 5) is 2.57. The SMILES string of the molecule is C[C@H]1CCCN(CCCOc2ccccc2Br)C1. The summed E-state index contributed by atoms with van der Waals surface area (Å²) in [5.41, 5.74) is 0. The lowest BCUT2D eigenvalue weighted by Crippen LogP contribution is -2.35. The number of halogens is 1. The molecule has 1 aliphatic rings. The number of piperidine rings is 1. The highest BCUT2D eigenvalue weighted by atomic mass is 79.9. The summed E-state index contributed by atoms with van der Waals surface area (Å²) < 4.78 is 6.82. The van der Waals surface area contributed by atoms with Gasteiger partial charge in [0.05, 0.1) is 11.1 Å². The lowest BCUT2D eigenvalue weighted by molar-refractivity contribution is 0.170. The number of likely N-dealkylation sites (tertiary alicyclic amines) is 1. The minimum absolute atomic E-state index is 0.799. The van der Waals surface area contributed by atoms with Crippen LogP contribution in [0.25, 0.3) is 0 Å². The maximum absolute atomic E-state index is 5.78. The van der Waals surface area contributed by atoms with Gasteiger partial charge in [-0.1, -0.05) is 19.1 Å². The molecule has 3 heteroatoms. The van der Waals surface area contributed by atoms with Crippen LogP contribution in [0.3, 0.4) is 0 Å². The van der Waals surface area contributed by atoms with Gasteiger partial charge in [0, 0.05) is 13.1 Å². The number of hydrogen-bond donors (Lipinski definition) is 0. The van der Waals surface area contributed by atoms with Crippen LogP contribution in [0.1, 0.15) is 26.2 Å². The molecule has 1 aromatic rings. The topological polar surface area (TPSA) is 12.5 Å². The second kappa shape index (κ2) is 7.15. The molecule has 2 rings (SSSR count). The van der Waals surface area contributed by atoms with Gasteiger partial charge in [0.25, 0.3) is 0 Å². The molecule has 0 spiro atoms. The van der Waals surface area contributed by atoms with Crippen LogP contribution >= 0.6 is 15.9 Å². The summed E-state index contributed by atoms with van der Waals surface area (Å²) in [5, 5.41) is 0. The number of ether oxygens (including phenoxy) is 1. The third-order valence-electron chi connectivity index (χ3n) is 3.45. The Labute approximate surface area is 118 Å². The van der Waals surface area contributed by atoms with Crippen molar-refractivity contribution in [1.82, 2.24) is 4.90 Å². The van der Waals surface area contributed by atoms with Gasteiger partial charge in [-0.2, -0.15) is 0 Å². The highest BCUT2D eigenvalue weighted by Crippen LogP contribution is 2.23. The summed E-state index contributed by atoms with van der Waals surface area (Å²) in [6.45, 7) is 6.83. The zero-order valence-electron chi connectivity index (χ0n) is 11.1. The fourth-order valence-corrected chi connectivity index (χ4v) is 2.92. The predicted molar refractivity (Wildman–Crippen MR) is 79.1 cm³/mol. The smallest absolute Gasteiger partial charge is 0.133 e. The quantitative estimate of drug-likeness (QED) is 0.763. The summed E-state index contributed by atoms with van der Waals surface area (Å²) in [6.07, 6.45) is 3.85. The van der Waals surface area contributed by atoms with E-state index in [4.69, 9.17) is 4.74 Å². The van der Waals surface area contributed by atoms with E-state index in [1.54, 1.807) is 0 Å². The summed E-state index contributed by atoms with van der Waals surface area (Å²) in [6, 6.07) is 8.03. The molecule has 0 bridgehead atoms. The van der Waals surface area contributed by atoms with Gasteiger partial charge in [0.2, 0.25) is 0 Å². The molecule has 0 N–H and O–H groups in total. The van der Waals surface area contributed by atoms with Crippen molar-refractivity contribution in [3.63, 3.8) is 0 Å². The summed E-state index contributed by atoms with van der Waals surface area (Å²) >= 11 is 3.50. The Morgan fingerprint density at radius 1 is 1.39 bits per heavy atom. The maximum atomic E-state index is 5.78. The van der Waals surface area contributed by atoms with Gasteiger partial charge in [0.15, 0.2) is 0 Å². The molecule has 0 radical (unpaired) electrons. The first kappa shape index (κ1) is 13.9. The fraction of sp³-hybridized carbons (Fsp3) is 0.600. The molecule has 1 aliphatic heterocycles. The molecule has 0 amide bonds. The van der Waals surface area contributed by atoms with Gasteiger partial charge in [0.1, 0.15) is 5.75 Å². The van der Waals surface area contributed by atoms with E-state index in [2.05, 4.69) is 27.8 Å². The number of nitrogens with zero attached hydrogens (tertiary/aromatic N) is 1. The van der Waals surface area contributed by atoms with E-state index >= 15 is 0 Å². The van der Waals surface area contributed by atoms with Crippen molar-refractivity contribution < 1.29 is 4.74 Å². The van der Waals surface area contributed by atoms with E-state index in [9.17, 15) is 0 Å². The van der Waals surface area contributed by atoms with Crippen LogP contribution in [0.4, 0.5) is 0 Å². The van der Waals surface area contributed by atoms with Gasteiger partial charge in [-0.3, -0.25) is 0 Å². The van der Waals surface area contributed by atoms with Crippen LogP contribution in [-0.2, 0) is 0 Å². The fourth-order valence-electron chi connectivity index (χ4n) is 2.52. The Hall–Kier alpha value is -0.540. The van der Waals surface area contributed by atoms with Gasteiger partial charge in [-0.05, 0) is 59.8 Å². The Kier molecular flexibility index (Phi) is 5.51. The van der Waals surface area contributed by atoms with Crippen molar-refractivity contribution in [3.05, 3.63) is 28.7 Å². The van der Waals surface area contributed by atoms with Crippen molar-refractivity contribution >= 4 is 15.9 Å². The Bertz CT molecular complexity index is 369.